The van der Waals surface area contributed by atoms with Crippen LogP contribution in [-0.4, -0.2) is 24.2 Å². The second-order valence-electron chi connectivity index (χ2n) is 3.11. The molecule has 2 aromatic rings. The molecule has 0 amide bonds. The van der Waals surface area contributed by atoms with E-state index in [-0.39, 0.29) is 0 Å². The van der Waals surface area contributed by atoms with Gasteiger partial charge in [-0.05, 0) is 12.1 Å². The highest BCUT2D eigenvalue weighted by atomic mass is 16.5. The van der Waals surface area contributed by atoms with Crippen LogP contribution in [0.25, 0.3) is 11.4 Å². The summed E-state index contributed by atoms with van der Waals surface area (Å²) in [5, 5.41) is 0. The van der Waals surface area contributed by atoms with Crippen molar-refractivity contribution in [2.24, 2.45) is 0 Å². The van der Waals surface area contributed by atoms with Crippen molar-refractivity contribution in [3.05, 3.63) is 36.7 Å². The molecule has 0 aliphatic heterocycles. The van der Waals surface area contributed by atoms with Gasteiger partial charge in [0.15, 0.2) is 11.5 Å². The Morgan fingerprint density at radius 1 is 0.938 bits per heavy atom. The minimum Gasteiger partial charge on any atom is -0.493 e. The fourth-order valence-electron chi connectivity index (χ4n) is 1.47. The minimum atomic E-state index is 0.601. The molecule has 0 aliphatic rings. The number of rotatable bonds is 3. The Kier molecular flexibility index (Phi) is 3.00. The van der Waals surface area contributed by atoms with Gasteiger partial charge in [-0.15, -0.1) is 0 Å². The zero-order chi connectivity index (χ0) is 11.4. The highest BCUT2D eigenvalue weighted by Gasteiger charge is 2.13. The first-order chi connectivity index (χ1) is 7.86. The number of methoxy groups -OCH3 is 2. The fourth-order valence-corrected chi connectivity index (χ4v) is 1.47. The number of nitrogens with zero attached hydrogens (tertiary/aromatic N) is 2. The maximum atomic E-state index is 5.29. The lowest BCUT2D eigenvalue weighted by Crippen LogP contribution is -1.96. The number of pyridine rings is 2. The van der Waals surface area contributed by atoms with E-state index in [1.807, 2.05) is 18.2 Å². The molecule has 0 atom stereocenters. The van der Waals surface area contributed by atoms with Crippen LogP contribution in [0.4, 0.5) is 0 Å². The maximum Gasteiger partial charge on any atom is 0.188 e. The molecule has 4 nitrogen and oxygen atoms in total. The van der Waals surface area contributed by atoms with E-state index in [1.54, 1.807) is 32.7 Å². The van der Waals surface area contributed by atoms with Crippen molar-refractivity contribution in [1.82, 2.24) is 9.97 Å². The topological polar surface area (TPSA) is 44.2 Å². The predicted octanol–water partition coefficient (Wildman–Crippen LogP) is 2.16. The van der Waals surface area contributed by atoms with Crippen molar-refractivity contribution in [3.8, 4) is 22.9 Å². The molecule has 0 saturated carbocycles. The molecular formula is C12H12N2O2. The molecule has 2 aromatic heterocycles. The second kappa shape index (κ2) is 4.61. The highest BCUT2D eigenvalue weighted by molar-refractivity contribution is 5.66. The first-order valence-electron chi connectivity index (χ1n) is 4.85. The molecule has 0 N–H and O–H groups in total. The van der Waals surface area contributed by atoms with Crippen molar-refractivity contribution in [2.75, 3.05) is 14.2 Å². The predicted molar refractivity (Wildman–Crippen MR) is 60.6 cm³/mol. The fraction of sp³-hybridized carbons (Fsp3) is 0.167. The molecule has 0 spiro atoms. The maximum absolute atomic E-state index is 5.29. The standard InChI is InChI=1S/C12H12N2O2/c1-15-10-6-8-14-11(12(10)16-2)9-5-3-4-7-13-9/h3-8H,1-2H3. The summed E-state index contributed by atoms with van der Waals surface area (Å²) < 4.78 is 10.5. The first-order valence-corrected chi connectivity index (χ1v) is 4.85. The highest BCUT2D eigenvalue weighted by Crippen LogP contribution is 2.34. The molecule has 16 heavy (non-hydrogen) atoms. The summed E-state index contributed by atoms with van der Waals surface area (Å²) in [5.41, 5.74) is 1.45. The van der Waals surface area contributed by atoms with Crippen LogP contribution < -0.4 is 9.47 Å². The normalized spacial score (nSPS) is 9.88. The SMILES string of the molecule is COc1ccnc(-c2ccccn2)c1OC. The van der Waals surface area contributed by atoms with Gasteiger partial charge in [0.1, 0.15) is 5.69 Å². The number of hydrogen-bond acceptors (Lipinski definition) is 4. The Bertz CT molecular complexity index is 472. The van der Waals surface area contributed by atoms with E-state index in [0.29, 0.717) is 17.2 Å². The van der Waals surface area contributed by atoms with Gasteiger partial charge in [-0.1, -0.05) is 6.07 Å². The minimum absolute atomic E-state index is 0.601. The summed E-state index contributed by atoms with van der Waals surface area (Å²) in [6.07, 6.45) is 3.39. The summed E-state index contributed by atoms with van der Waals surface area (Å²) in [6.45, 7) is 0. The lowest BCUT2D eigenvalue weighted by atomic mass is 10.2. The smallest absolute Gasteiger partial charge is 0.188 e. The average Bonchev–Trinajstić information content (AvgIpc) is 2.38. The van der Waals surface area contributed by atoms with Crippen LogP contribution >= 0.6 is 0 Å². The number of ether oxygens (including phenoxy) is 2. The van der Waals surface area contributed by atoms with Gasteiger partial charge < -0.3 is 9.47 Å². The lowest BCUT2D eigenvalue weighted by molar-refractivity contribution is 0.354. The number of aromatic nitrogens is 2. The third-order valence-corrected chi connectivity index (χ3v) is 2.20. The summed E-state index contributed by atoms with van der Waals surface area (Å²) in [4.78, 5) is 8.50. The quantitative estimate of drug-likeness (QED) is 0.788. The molecule has 0 aromatic carbocycles. The van der Waals surface area contributed by atoms with Crippen molar-refractivity contribution in [1.29, 1.82) is 0 Å². The second-order valence-corrected chi connectivity index (χ2v) is 3.11. The van der Waals surface area contributed by atoms with E-state index < -0.39 is 0 Å². The Hall–Kier alpha value is -2.10. The summed E-state index contributed by atoms with van der Waals surface area (Å²) >= 11 is 0. The molecule has 82 valence electrons. The monoisotopic (exact) mass is 216 g/mol. The van der Waals surface area contributed by atoms with Gasteiger partial charge in [-0.2, -0.15) is 0 Å². The van der Waals surface area contributed by atoms with Crippen LogP contribution in [-0.2, 0) is 0 Å². The van der Waals surface area contributed by atoms with Crippen LogP contribution in [0.2, 0.25) is 0 Å². The molecule has 0 radical (unpaired) electrons. The van der Waals surface area contributed by atoms with Gasteiger partial charge >= 0.3 is 0 Å². The molecule has 0 bridgehead atoms. The van der Waals surface area contributed by atoms with Gasteiger partial charge in [0.25, 0.3) is 0 Å². The third kappa shape index (κ3) is 1.82. The molecule has 0 saturated heterocycles. The first kappa shape index (κ1) is 10.4. The van der Waals surface area contributed by atoms with E-state index in [9.17, 15) is 0 Å². The van der Waals surface area contributed by atoms with E-state index in [1.165, 1.54) is 0 Å². The summed E-state index contributed by atoms with van der Waals surface area (Å²) in [6, 6.07) is 7.40. The van der Waals surface area contributed by atoms with E-state index in [2.05, 4.69) is 9.97 Å². The molecule has 4 heteroatoms. The largest absolute Gasteiger partial charge is 0.493 e. The van der Waals surface area contributed by atoms with Crippen LogP contribution in [0.1, 0.15) is 0 Å². The van der Waals surface area contributed by atoms with Crippen LogP contribution in [0, 0.1) is 0 Å². The molecule has 0 aliphatic carbocycles. The van der Waals surface area contributed by atoms with Crippen molar-refractivity contribution < 1.29 is 9.47 Å². The van der Waals surface area contributed by atoms with Crippen molar-refractivity contribution in [2.45, 2.75) is 0 Å². The van der Waals surface area contributed by atoms with Gasteiger partial charge in [-0.3, -0.25) is 9.97 Å². The Labute approximate surface area is 93.9 Å². The number of hydrogen-bond donors (Lipinski definition) is 0. The van der Waals surface area contributed by atoms with Crippen LogP contribution in [0.5, 0.6) is 11.5 Å². The van der Waals surface area contributed by atoms with Crippen LogP contribution in [0.15, 0.2) is 36.7 Å². The summed E-state index contributed by atoms with van der Waals surface area (Å²) in [7, 11) is 3.19. The van der Waals surface area contributed by atoms with Gasteiger partial charge in [0, 0.05) is 18.5 Å². The van der Waals surface area contributed by atoms with E-state index >= 15 is 0 Å². The van der Waals surface area contributed by atoms with Crippen molar-refractivity contribution >= 4 is 0 Å². The van der Waals surface area contributed by atoms with Gasteiger partial charge in [-0.25, -0.2) is 0 Å². The van der Waals surface area contributed by atoms with Gasteiger partial charge in [0.2, 0.25) is 0 Å². The van der Waals surface area contributed by atoms with Crippen molar-refractivity contribution in [3.63, 3.8) is 0 Å². The Balaban J connectivity index is 2.57. The lowest BCUT2D eigenvalue weighted by Gasteiger charge is -2.10. The molecule has 2 rings (SSSR count). The average molecular weight is 216 g/mol. The van der Waals surface area contributed by atoms with Gasteiger partial charge in [0.05, 0.1) is 19.9 Å². The Morgan fingerprint density at radius 3 is 2.44 bits per heavy atom. The van der Waals surface area contributed by atoms with Crippen LogP contribution in [0.3, 0.4) is 0 Å². The Morgan fingerprint density at radius 2 is 1.81 bits per heavy atom. The molecule has 0 unspecified atom stereocenters. The molecule has 2 heterocycles. The van der Waals surface area contributed by atoms with E-state index in [4.69, 9.17) is 9.47 Å². The van der Waals surface area contributed by atoms with E-state index in [0.717, 1.165) is 5.69 Å². The molecule has 0 fully saturated rings. The zero-order valence-corrected chi connectivity index (χ0v) is 9.18. The third-order valence-electron chi connectivity index (χ3n) is 2.20. The molecular weight excluding hydrogens is 204 g/mol. The summed E-state index contributed by atoms with van der Waals surface area (Å²) in [5.74, 6) is 1.25. The zero-order valence-electron chi connectivity index (χ0n) is 9.18.